The summed E-state index contributed by atoms with van der Waals surface area (Å²) in [6, 6.07) is -0.335. The largest absolute Gasteiger partial charge is 0.394 e. The number of aliphatic hydroxyl groups is 5. The highest BCUT2D eigenvalue weighted by molar-refractivity contribution is 5.80. The first-order valence-electron chi connectivity index (χ1n) is 9.43. The number of fused-ring (bicyclic) bond motifs is 1. The summed E-state index contributed by atoms with van der Waals surface area (Å²) < 4.78 is 6.96. The van der Waals surface area contributed by atoms with Crippen LogP contribution in [0.1, 0.15) is 24.6 Å². The summed E-state index contributed by atoms with van der Waals surface area (Å²) in [5.74, 6) is -0.123. The minimum Gasteiger partial charge on any atom is -0.394 e. The summed E-state index contributed by atoms with van der Waals surface area (Å²) in [5.41, 5.74) is 5.86. The molecule has 0 bridgehead atoms. The molecule has 12 heteroatoms. The Labute approximate surface area is 164 Å². The average Bonchev–Trinajstić information content (AvgIpc) is 3.29. The number of hydrogen-bond donors (Lipinski definition) is 8. The van der Waals surface area contributed by atoms with Gasteiger partial charge in [0.1, 0.15) is 18.3 Å². The first-order valence-corrected chi connectivity index (χ1v) is 9.43. The summed E-state index contributed by atoms with van der Waals surface area (Å²) >= 11 is 0. The fourth-order valence-electron chi connectivity index (χ4n) is 4.11. The molecule has 0 spiro atoms. The van der Waals surface area contributed by atoms with Crippen LogP contribution in [0, 0.1) is 0 Å². The predicted octanol–water partition coefficient (Wildman–Crippen LogP) is -3.11. The molecular formula is C17H25N5O7. The number of rotatable bonds is 5. The van der Waals surface area contributed by atoms with Gasteiger partial charge in [-0.1, -0.05) is 0 Å². The third-order valence-corrected chi connectivity index (χ3v) is 5.71. The molecule has 2 fully saturated rings. The van der Waals surface area contributed by atoms with E-state index in [9.17, 15) is 30.3 Å². The molecule has 12 nitrogen and oxygen atoms in total. The molecule has 0 amide bonds. The summed E-state index contributed by atoms with van der Waals surface area (Å²) in [5, 5.41) is 52.8. The molecule has 160 valence electrons. The molecule has 2 aromatic rings. The van der Waals surface area contributed by atoms with Gasteiger partial charge >= 0.3 is 0 Å². The van der Waals surface area contributed by atoms with Crippen molar-refractivity contribution in [1.82, 2.24) is 19.9 Å². The Kier molecular flexibility index (Phi) is 5.33. The SMILES string of the molecule is Nc1nc2c(c(CN[C@H]3CC[C@H](O)[C@@H]3O)cn2[C@@H]2O[C@H](CO)[C@@H](O)[C@H]2O)c(=O)[nH]1. The molecule has 1 saturated heterocycles. The van der Waals surface area contributed by atoms with Gasteiger partial charge in [-0.05, 0) is 18.4 Å². The van der Waals surface area contributed by atoms with Gasteiger partial charge in [0, 0.05) is 18.8 Å². The highest BCUT2D eigenvalue weighted by Gasteiger charge is 2.44. The van der Waals surface area contributed by atoms with E-state index in [0.29, 0.717) is 18.4 Å². The van der Waals surface area contributed by atoms with Crippen molar-refractivity contribution in [3.05, 3.63) is 22.1 Å². The normalized spacial score (nSPS) is 35.0. The van der Waals surface area contributed by atoms with Crippen LogP contribution in [0.15, 0.2) is 11.0 Å². The highest BCUT2D eigenvalue weighted by atomic mass is 16.6. The van der Waals surface area contributed by atoms with Crippen LogP contribution in [0.5, 0.6) is 0 Å². The zero-order valence-corrected chi connectivity index (χ0v) is 15.5. The lowest BCUT2D eigenvalue weighted by Crippen LogP contribution is -2.39. The van der Waals surface area contributed by atoms with Gasteiger partial charge in [0.25, 0.3) is 5.56 Å². The number of anilines is 1. The molecule has 1 aliphatic carbocycles. The summed E-state index contributed by atoms with van der Waals surface area (Å²) in [7, 11) is 0. The third kappa shape index (κ3) is 3.42. The molecule has 9 N–H and O–H groups in total. The molecule has 7 atom stereocenters. The van der Waals surface area contributed by atoms with E-state index in [1.165, 1.54) is 4.57 Å². The van der Waals surface area contributed by atoms with Crippen LogP contribution in [-0.2, 0) is 11.3 Å². The standard InChI is InChI=1S/C17H25N5O7/c18-17-20-14-10(15(28)21-17)6(3-19-7-1-2-8(24)11(7)25)4-22(14)16-13(27)12(26)9(5-23)29-16/h4,7-9,11-13,16,19,23-27H,1-3,5H2,(H3,18,20,21,28)/t7-,8-,9+,11+,12+,13+,16+/m0/s1. The molecule has 4 rings (SSSR count). The van der Waals surface area contributed by atoms with Crippen molar-refractivity contribution in [1.29, 1.82) is 0 Å². The van der Waals surface area contributed by atoms with Crippen molar-refractivity contribution in [2.75, 3.05) is 12.3 Å². The number of nitrogen functional groups attached to an aromatic ring is 1. The lowest BCUT2D eigenvalue weighted by atomic mass is 10.1. The second kappa shape index (κ2) is 7.65. The molecule has 2 aliphatic rings. The maximum Gasteiger partial charge on any atom is 0.262 e. The van der Waals surface area contributed by atoms with Crippen LogP contribution in [0.25, 0.3) is 11.0 Å². The Morgan fingerprint density at radius 3 is 2.62 bits per heavy atom. The fraction of sp³-hybridized carbons (Fsp3) is 0.647. The molecule has 1 saturated carbocycles. The first-order chi connectivity index (χ1) is 13.8. The van der Waals surface area contributed by atoms with Crippen molar-refractivity contribution in [2.45, 2.75) is 62.2 Å². The van der Waals surface area contributed by atoms with Gasteiger partial charge in [0.2, 0.25) is 5.95 Å². The number of nitrogens with one attached hydrogen (secondary N) is 2. The maximum atomic E-state index is 12.5. The van der Waals surface area contributed by atoms with Gasteiger partial charge in [0.15, 0.2) is 11.9 Å². The molecule has 0 unspecified atom stereocenters. The van der Waals surface area contributed by atoms with Crippen molar-refractivity contribution < 1.29 is 30.3 Å². The van der Waals surface area contributed by atoms with Crippen LogP contribution >= 0.6 is 0 Å². The molecular weight excluding hydrogens is 386 g/mol. The third-order valence-electron chi connectivity index (χ3n) is 5.71. The second-order valence-corrected chi connectivity index (χ2v) is 7.56. The number of hydrogen-bond acceptors (Lipinski definition) is 10. The van der Waals surface area contributed by atoms with Gasteiger partial charge in [-0.3, -0.25) is 9.78 Å². The molecule has 0 radical (unpaired) electrons. The lowest BCUT2D eigenvalue weighted by Gasteiger charge is -2.18. The van der Waals surface area contributed by atoms with Crippen LogP contribution < -0.4 is 16.6 Å². The number of aliphatic hydroxyl groups excluding tert-OH is 5. The van der Waals surface area contributed by atoms with Crippen LogP contribution in [0.2, 0.25) is 0 Å². The Bertz CT molecular complexity index is 946. The number of ether oxygens (including phenoxy) is 1. The van der Waals surface area contributed by atoms with Crippen molar-refractivity contribution in [2.24, 2.45) is 0 Å². The average molecular weight is 411 g/mol. The Hall–Kier alpha value is -2.06. The van der Waals surface area contributed by atoms with E-state index in [1.54, 1.807) is 6.20 Å². The van der Waals surface area contributed by atoms with E-state index in [4.69, 9.17) is 10.5 Å². The zero-order valence-electron chi connectivity index (χ0n) is 15.5. The van der Waals surface area contributed by atoms with Crippen LogP contribution in [0.3, 0.4) is 0 Å². The molecule has 2 aromatic heterocycles. The van der Waals surface area contributed by atoms with E-state index in [1.807, 2.05) is 0 Å². The van der Waals surface area contributed by atoms with E-state index in [-0.39, 0.29) is 29.6 Å². The van der Waals surface area contributed by atoms with Crippen LogP contribution in [-0.4, -0.2) is 83.2 Å². The summed E-state index contributed by atoms with van der Waals surface area (Å²) in [6.45, 7) is -0.304. The summed E-state index contributed by atoms with van der Waals surface area (Å²) in [6.07, 6.45) is -3.81. The van der Waals surface area contributed by atoms with Crippen molar-refractivity contribution >= 4 is 17.0 Å². The molecule has 1 aliphatic heterocycles. The Morgan fingerprint density at radius 1 is 1.24 bits per heavy atom. The van der Waals surface area contributed by atoms with Crippen molar-refractivity contribution in [3.8, 4) is 0 Å². The number of nitrogens with two attached hydrogens (primary N) is 1. The number of aromatic amines is 1. The Balaban J connectivity index is 1.70. The fourth-order valence-corrected chi connectivity index (χ4v) is 4.11. The van der Waals surface area contributed by atoms with E-state index in [0.717, 1.165) is 0 Å². The monoisotopic (exact) mass is 411 g/mol. The van der Waals surface area contributed by atoms with Gasteiger partial charge < -0.3 is 45.9 Å². The second-order valence-electron chi connectivity index (χ2n) is 7.56. The molecule has 0 aromatic carbocycles. The van der Waals surface area contributed by atoms with Gasteiger partial charge in [-0.25, -0.2) is 0 Å². The van der Waals surface area contributed by atoms with E-state index >= 15 is 0 Å². The zero-order chi connectivity index (χ0) is 20.9. The quantitative estimate of drug-likeness (QED) is 0.249. The predicted molar refractivity (Wildman–Crippen MR) is 99.7 cm³/mol. The Morgan fingerprint density at radius 2 is 2.00 bits per heavy atom. The van der Waals surface area contributed by atoms with Gasteiger partial charge in [-0.2, -0.15) is 4.98 Å². The highest BCUT2D eigenvalue weighted by Crippen LogP contribution is 2.33. The smallest absolute Gasteiger partial charge is 0.262 e. The minimum atomic E-state index is -1.35. The maximum absolute atomic E-state index is 12.5. The van der Waals surface area contributed by atoms with Crippen LogP contribution in [0.4, 0.5) is 5.95 Å². The number of aromatic nitrogens is 3. The number of nitrogens with zero attached hydrogens (tertiary/aromatic N) is 2. The number of H-pyrrole nitrogens is 1. The molecule has 29 heavy (non-hydrogen) atoms. The lowest BCUT2D eigenvalue weighted by molar-refractivity contribution is -0.0509. The summed E-state index contributed by atoms with van der Waals surface area (Å²) in [4.78, 5) is 19.1. The van der Waals surface area contributed by atoms with Crippen molar-refractivity contribution in [3.63, 3.8) is 0 Å². The van der Waals surface area contributed by atoms with Gasteiger partial charge in [-0.15, -0.1) is 0 Å². The van der Waals surface area contributed by atoms with E-state index in [2.05, 4.69) is 15.3 Å². The van der Waals surface area contributed by atoms with E-state index < -0.39 is 48.9 Å². The first kappa shape index (κ1) is 20.2. The minimum absolute atomic E-state index is 0.123. The molecule has 3 heterocycles. The topological polar surface area (TPSA) is 199 Å². The van der Waals surface area contributed by atoms with Gasteiger partial charge in [0.05, 0.1) is 24.2 Å².